The first-order valence-electron chi connectivity index (χ1n) is 7.55. The van der Waals surface area contributed by atoms with Crippen molar-refractivity contribution in [3.05, 3.63) is 35.4 Å². The van der Waals surface area contributed by atoms with Gasteiger partial charge in [0.1, 0.15) is 11.6 Å². The molecule has 1 heterocycles. The van der Waals surface area contributed by atoms with Crippen LogP contribution in [0.5, 0.6) is 0 Å². The van der Waals surface area contributed by atoms with Gasteiger partial charge in [-0.2, -0.15) is 4.31 Å². The van der Waals surface area contributed by atoms with Crippen molar-refractivity contribution in [2.75, 3.05) is 25.4 Å². The summed E-state index contributed by atoms with van der Waals surface area (Å²) in [5.74, 6) is -2.87. The van der Waals surface area contributed by atoms with Gasteiger partial charge in [-0.3, -0.25) is 4.79 Å². The minimum absolute atomic E-state index is 0.169. The number of ether oxygens (including phenoxy) is 1. The highest BCUT2D eigenvalue weighted by atomic mass is 32.2. The monoisotopic (exact) mass is 362 g/mol. The molecule has 1 fully saturated rings. The first-order chi connectivity index (χ1) is 11.2. The molecular formula is C15H20F2N2O4S. The van der Waals surface area contributed by atoms with Crippen molar-refractivity contribution in [2.24, 2.45) is 0 Å². The lowest BCUT2D eigenvalue weighted by atomic mass is 10.2. The number of carbonyl (C=O) groups is 1. The number of nitrogens with zero attached hydrogens (tertiary/aromatic N) is 1. The van der Waals surface area contributed by atoms with E-state index in [2.05, 4.69) is 5.32 Å². The second-order valence-electron chi connectivity index (χ2n) is 5.77. The standard InChI is InChI=1S/C15H20F2N2O4S/c1-10-8-19(9-11(2)23-10)24(21,22)6-5-18-15(20)13-4-3-12(16)7-14(13)17/h3-4,7,10-11H,5-6,8-9H2,1-2H3,(H,18,20)/t10-,11-/m1/s1. The lowest BCUT2D eigenvalue weighted by molar-refractivity contribution is -0.0440. The number of nitrogens with one attached hydrogen (secondary N) is 1. The maximum absolute atomic E-state index is 13.5. The summed E-state index contributed by atoms with van der Waals surface area (Å²) in [5, 5.41) is 2.34. The third-order valence-corrected chi connectivity index (χ3v) is 5.41. The van der Waals surface area contributed by atoms with Gasteiger partial charge < -0.3 is 10.1 Å². The molecule has 2 rings (SSSR count). The lowest BCUT2D eigenvalue weighted by Gasteiger charge is -2.34. The lowest BCUT2D eigenvalue weighted by Crippen LogP contribution is -2.49. The Labute approximate surface area is 139 Å². The first-order valence-corrected chi connectivity index (χ1v) is 9.16. The van der Waals surface area contributed by atoms with Crippen molar-refractivity contribution >= 4 is 15.9 Å². The van der Waals surface area contributed by atoms with Crippen molar-refractivity contribution in [2.45, 2.75) is 26.1 Å². The predicted octanol–water partition coefficient (Wildman–Crippen LogP) is 1.13. The second-order valence-corrected chi connectivity index (χ2v) is 7.86. The quantitative estimate of drug-likeness (QED) is 0.852. The van der Waals surface area contributed by atoms with Gasteiger partial charge in [-0.15, -0.1) is 0 Å². The van der Waals surface area contributed by atoms with Crippen LogP contribution in [0.3, 0.4) is 0 Å². The molecule has 0 spiro atoms. The normalized spacial score (nSPS) is 22.3. The summed E-state index contributed by atoms with van der Waals surface area (Å²) in [7, 11) is -3.56. The van der Waals surface area contributed by atoms with Gasteiger partial charge in [-0.25, -0.2) is 17.2 Å². The number of amides is 1. The molecule has 1 amide bonds. The number of hydrogen-bond donors (Lipinski definition) is 1. The summed E-state index contributed by atoms with van der Waals surface area (Å²) in [4.78, 5) is 11.8. The van der Waals surface area contributed by atoms with Gasteiger partial charge in [-0.1, -0.05) is 0 Å². The van der Waals surface area contributed by atoms with Crippen LogP contribution in [0.4, 0.5) is 8.78 Å². The second kappa shape index (κ2) is 7.54. The molecule has 2 atom stereocenters. The molecule has 1 saturated heterocycles. The van der Waals surface area contributed by atoms with Crippen LogP contribution in [-0.2, 0) is 14.8 Å². The summed E-state index contributed by atoms with van der Waals surface area (Å²) in [6.45, 7) is 3.92. The highest BCUT2D eigenvalue weighted by molar-refractivity contribution is 7.89. The van der Waals surface area contributed by atoms with Crippen molar-refractivity contribution < 1.29 is 26.7 Å². The van der Waals surface area contributed by atoms with Gasteiger partial charge in [0.05, 0.1) is 23.5 Å². The zero-order valence-electron chi connectivity index (χ0n) is 13.5. The largest absolute Gasteiger partial charge is 0.373 e. The molecule has 9 heteroatoms. The Bertz CT molecular complexity index is 701. The van der Waals surface area contributed by atoms with Crippen LogP contribution in [0, 0.1) is 11.6 Å². The molecule has 24 heavy (non-hydrogen) atoms. The van der Waals surface area contributed by atoms with Crippen molar-refractivity contribution in [3.63, 3.8) is 0 Å². The average Bonchev–Trinajstić information content (AvgIpc) is 2.45. The van der Waals surface area contributed by atoms with Gasteiger partial charge in [0.15, 0.2) is 0 Å². The van der Waals surface area contributed by atoms with Crippen LogP contribution < -0.4 is 5.32 Å². The molecule has 1 aliphatic heterocycles. The van der Waals surface area contributed by atoms with E-state index in [4.69, 9.17) is 4.74 Å². The van der Waals surface area contributed by atoms with Crippen LogP contribution in [0.15, 0.2) is 18.2 Å². The van der Waals surface area contributed by atoms with Crippen LogP contribution >= 0.6 is 0 Å². The Hall–Kier alpha value is -1.58. The molecule has 1 aliphatic rings. The van der Waals surface area contributed by atoms with E-state index in [9.17, 15) is 22.0 Å². The summed E-state index contributed by atoms with van der Waals surface area (Å²) < 4.78 is 57.7. The van der Waals surface area contributed by atoms with Crippen LogP contribution in [0.2, 0.25) is 0 Å². The Balaban J connectivity index is 1.91. The van der Waals surface area contributed by atoms with Crippen LogP contribution in [-0.4, -0.2) is 56.2 Å². The third-order valence-electron chi connectivity index (χ3n) is 3.60. The topological polar surface area (TPSA) is 75.7 Å². The number of rotatable bonds is 5. The fraction of sp³-hybridized carbons (Fsp3) is 0.533. The van der Waals surface area contributed by atoms with E-state index in [0.717, 1.165) is 12.1 Å². The number of morpholine rings is 1. The van der Waals surface area contributed by atoms with E-state index in [-0.39, 0.29) is 43.2 Å². The SMILES string of the molecule is C[C@@H]1CN(S(=O)(=O)CCNC(=O)c2ccc(F)cc2F)C[C@@H](C)O1. The van der Waals surface area contributed by atoms with E-state index in [1.54, 1.807) is 13.8 Å². The highest BCUT2D eigenvalue weighted by Crippen LogP contribution is 2.15. The zero-order chi connectivity index (χ0) is 17.9. The van der Waals surface area contributed by atoms with E-state index < -0.39 is 27.6 Å². The number of halogens is 2. The van der Waals surface area contributed by atoms with E-state index >= 15 is 0 Å². The van der Waals surface area contributed by atoms with Crippen molar-refractivity contribution in [3.8, 4) is 0 Å². The smallest absolute Gasteiger partial charge is 0.254 e. The first kappa shape index (κ1) is 18.8. The highest BCUT2D eigenvalue weighted by Gasteiger charge is 2.30. The maximum Gasteiger partial charge on any atom is 0.254 e. The minimum Gasteiger partial charge on any atom is -0.373 e. The molecule has 1 aromatic carbocycles. The Kier molecular flexibility index (Phi) is 5.89. The number of benzene rings is 1. The molecule has 0 aromatic heterocycles. The summed E-state index contributed by atoms with van der Waals surface area (Å²) in [6, 6.07) is 2.58. The molecule has 1 aromatic rings. The number of hydrogen-bond acceptors (Lipinski definition) is 4. The molecule has 0 aliphatic carbocycles. The number of carbonyl (C=O) groups excluding carboxylic acids is 1. The molecule has 0 bridgehead atoms. The third kappa shape index (κ3) is 4.71. The summed E-state index contributed by atoms with van der Waals surface area (Å²) in [6.07, 6.45) is -0.405. The summed E-state index contributed by atoms with van der Waals surface area (Å²) in [5.41, 5.74) is -0.331. The molecule has 6 nitrogen and oxygen atoms in total. The Morgan fingerprint density at radius 3 is 2.50 bits per heavy atom. The number of sulfonamides is 1. The van der Waals surface area contributed by atoms with E-state index in [1.165, 1.54) is 4.31 Å². The van der Waals surface area contributed by atoms with E-state index in [1.807, 2.05) is 0 Å². The fourth-order valence-electron chi connectivity index (χ4n) is 2.55. The van der Waals surface area contributed by atoms with Gasteiger partial charge in [0.25, 0.3) is 5.91 Å². The maximum atomic E-state index is 13.5. The fourth-order valence-corrected chi connectivity index (χ4v) is 4.04. The molecule has 0 unspecified atom stereocenters. The molecule has 1 N–H and O–H groups in total. The zero-order valence-corrected chi connectivity index (χ0v) is 14.3. The van der Waals surface area contributed by atoms with Gasteiger partial charge >= 0.3 is 0 Å². The van der Waals surface area contributed by atoms with Crippen molar-refractivity contribution in [1.82, 2.24) is 9.62 Å². The van der Waals surface area contributed by atoms with Gasteiger partial charge in [0, 0.05) is 25.7 Å². The van der Waals surface area contributed by atoms with Gasteiger partial charge in [0.2, 0.25) is 10.0 Å². The average molecular weight is 362 g/mol. The Morgan fingerprint density at radius 2 is 1.92 bits per heavy atom. The van der Waals surface area contributed by atoms with Crippen LogP contribution in [0.1, 0.15) is 24.2 Å². The van der Waals surface area contributed by atoms with Crippen molar-refractivity contribution in [1.29, 1.82) is 0 Å². The predicted molar refractivity (Wildman–Crippen MR) is 84.1 cm³/mol. The van der Waals surface area contributed by atoms with Crippen LogP contribution in [0.25, 0.3) is 0 Å². The molecule has 0 radical (unpaired) electrons. The Morgan fingerprint density at radius 1 is 1.29 bits per heavy atom. The van der Waals surface area contributed by atoms with E-state index in [0.29, 0.717) is 6.07 Å². The van der Waals surface area contributed by atoms with Gasteiger partial charge in [-0.05, 0) is 26.0 Å². The molecule has 134 valence electrons. The minimum atomic E-state index is -3.56. The summed E-state index contributed by atoms with van der Waals surface area (Å²) >= 11 is 0. The molecule has 0 saturated carbocycles. The molecular weight excluding hydrogens is 342 g/mol.